The zero-order valence-corrected chi connectivity index (χ0v) is 12.1. The number of nitrogens with one attached hydrogen (secondary N) is 1. The fourth-order valence-corrected chi connectivity index (χ4v) is 3.93. The molecule has 102 valence electrons. The minimum atomic E-state index is -3.31. The molecule has 1 heterocycles. The lowest BCUT2D eigenvalue weighted by Crippen LogP contribution is -2.53. The van der Waals surface area contributed by atoms with Gasteiger partial charge in [0.1, 0.15) is 0 Å². The highest BCUT2D eigenvalue weighted by Gasteiger charge is 2.35. The summed E-state index contributed by atoms with van der Waals surface area (Å²) >= 11 is 0. The molecule has 1 aliphatic rings. The quantitative estimate of drug-likeness (QED) is 0.792. The van der Waals surface area contributed by atoms with Crippen LogP contribution in [0.2, 0.25) is 0 Å². The van der Waals surface area contributed by atoms with Crippen LogP contribution < -0.4 is 5.32 Å². The molecule has 1 fully saturated rings. The lowest BCUT2D eigenvalue weighted by Gasteiger charge is -2.38. The first-order valence-electron chi connectivity index (χ1n) is 6.30. The maximum absolute atomic E-state index is 12.4. The van der Waals surface area contributed by atoms with Crippen LogP contribution in [0.4, 0.5) is 0 Å². The normalized spacial score (nSPS) is 23.5. The van der Waals surface area contributed by atoms with Gasteiger partial charge in [0.15, 0.2) is 0 Å². The van der Waals surface area contributed by atoms with E-state index in [1.807, 2.05) is 20.9 Å². The van der Waals surface area contributed by atoms with Crippen LogP contribution in [0.15, 0.2) is 0 Å². The molecular formula is C11H25N3O2S. The monoisotopic (exact) mass is 263 g/mol. The van der Waals surface area contributed by atoms with Crippen molar-refractivity contribution in [2.24, 2.45) is 0 Å². The SMILES string of the molecule is CNCC1CCCCN1S(=O)(=O)N(C)C(C)C. The van der Waals surface area contributed by atoms with E-state index in [1.165, 1.54) is 4.31 Å². The molecule has 0 bridgehead atoms. The average Bonchev–Trinajstić information content (AvgIpc) is 2.29. The van der Waals surface area contributed by atoms with Gasteiger partial charge < -0.3 is 5.32 Å². The van der Waals surface area contributed by atoms with E-state index in [4.69, 9.17) is 0 Å². The van der Waals surface area contributed by atoms with E-state index in [9.17, 15) is 8.42 Å². The van der Waals surface area contributed by atoms with E-state index >= 15 is 0 Å². The molecule has 17 heavy (non-hydrogen) atoms. The molecule has 1 unspecified atom stereocenters. The van der Waals surface area contributed by atoms with Crippen LogP contribution in [0.5, 0.6) is 0 Å². The van der Waals surface area contributed by atoms with Gasteiger partial charge in [0.05, 0.1) is 0 Å². The highest BCUT2D eigenvalue weighted by molar-refractivity contribution is 7.86. The van der Waals surface area contributed by atoms with E-state index in [1.54, 1.807) is 11.4 Å². The van der Waals surface area contributed by atoms with Crippen molar-refractivity contribution in [3.05, 3.63) is 0 Å². The van der Waals surface area contributed by atoms with Crippen molar-refractivity contribution in [1.82, 2.24) is 13.9 Å². The van der Waals surface area contributed by atoms with Crippen LogP contribution in [0.25, 0.3) is 0 Å². The molecule has 0 spiro atoms. The first-order valence-corrected chi connectivity index (χ1v) is 7.70. The minimum absolute atomic E-state index is 0.00263. The third-order valence-electron chi connectivity index (χ3n) is 3.40. The summed E-state index contributed by atoms with van der Waals surface area (Å²) in [7, 11) is 0.218. The smallest absolute Gasteiger partial charge is 0.282 e. The molecule has 1 aliphatic heterocycles. The van der Waals surface area contributed by atoms with E-state index in [2.05, 4.69) is 5.32 Å². The Balaban J connectivity index is 2.86. The summed E-state index contributed by atoms with van der Waals surface area (Å²) < 4.78 is 28.0. The van der Waals surface area contributed by atoms with E-state index in [0.717, 1.165) is 25.8 Å². The Bertz CT molecular complexity index is 328. The van der Waals surface area contributed by atoms with Gasteiger partial charge in [0.2, 0.25) is 0 Å². The van der Waals surface area contributed by atoms with Crippen molar-refractivity contribution in [2.75, 3.05) is 27.2 Å². The Kier molecular flexibility index (Phi) is 5.37. The second kappa shape index (κ2) is 6.13. The minimum Gasteiger partial charge on any atom is -0.318 e. The molecule has 1 rings (SSSR count). The Hall–Kier alpha value is -0.170. The number of hydrogen-bond acceptors (Lipinski definition) is 3. The molecule has 6 heteroatoms. The summed E-state index contributed by atoms with van der Waals surface area (Å²) in [5.41, 5.74) is 0. The molecule has 5 nitrogen and oxygen atoms in total. The summed E-state index contributed by atoms with van der Waals surface area (Å²) in [6.45, 7) is 5.17. The van der Waals surface area contributed by atoms with Crippen LogP contribution in [-0.2, 0) is 10.2 Å². The fraction of sp³-hybridized carbons (Fsp3) is 1.00. The van der Waals surface area contributed by atoms with Gasteiger partial charge in [-0.2, -0.15) is 17.0 Å². The van der Waals surface area contributed by atoms with Gasteiger partial charge in [-0.25, -0.2) is 0 Å². The maximum atomic E-state index is 12.4. The first-order chi connectivity index (χ1) is 7.91. The third-order valence-corrected chi connectivity index (χ3v) is 5.62. The molecule has 0 radical (unpaired) electrons. The fourth-order valence-electron chi connectivity index (χ4n) is 2.15. The van der Waals surface area contributed by atoms with Crippen LogP contribution in [0.1, 0.15) is 33.1 Å². The lowest BCUT2D eigenvalue weighted by molar-refractivity contribution is 0.228. The zero-order chi connectivity index (χ0) is 13.1. The molecule has 0 amide bonds. The predicted molar refractivity (Wildman–Crippen MR) is 70.1 cm³/mol. The van der Waals surface area contributed by atoms with Crippen molar-refractivity contribution in [3.8, 4) is 0 Å². The van der Waals surface area contributed by atoms with Gasteiger partial charge in [0, 0.05) is 32.2 Å². The number of rotatable bonds is 5. The Morgan fingerprint density at radius 2 is 2.06 bits per heavy atom. The van der Waals surface area contributed by atoms with E-state index < -0.39 is 10.2 Å². The predicted octanol–water partition coefficient (Wildman–Crippen LogP) is 0.645. The van der Waals surface area contributed by atoms with Crippen LogP contribution in [0.3, 0.4) is 0 Å². The molecule has 1 atom stereocenters. The van der Waals surface area contributed by atoms with E-state index in [0.29, 0.717) is 6.54 Å². The third kappa shape index (κ3) is 3.40. The topological polar surface area (TPSA) is 52.7 Å². The number of piperidine rings is 1. The number of hydrogen-bond donors (Lipinski definition) is 1. The summed E-state index contributed by atoms with van der Waals surface area (Å²) in [5.74, 6) is 0. The molecular weight excluding hydrogens is 238 g/mol. The summed E-state index contributed by atoms with van der Waals surface area (Å²) in [4.78, 5) is 0. The number of nitrogens with zero attached hydrogens (tertiary/aromatic N) is 2. The molecule has 1 N–H and O–H groups in total. The van der Waals surface area contributed by atoms with E-state index in [-0.39, 0.29) is 12.1 Å². The molecule has 0 saturated carbocycles. The van der Waals surface area contributed by atoms with Crippen molar-refractivity contribution in [2.45, 2.75) is 45.2 Å². The second-order valence-electron chi connectivity index (χ2n) is 4.94. The van der Waals surface area contributed by atoms with Gasteiger partial charge in [-0.05, 0) is 33.7 Å². The molecule has 0 aromatic heterocycles. The molecule has 0 aromatic carbocycles. The van der Waals surface area contributed by atoms with Gasteiger partial charge >= 0.3 is 0 Å². The van der Waals surface area contributed by atoms with Crippen LogP contribution in [-0.4, -0.2) is 56.3 Å². The maximum Gasteiger partial charge on any atom is 0.282 e. The lowest BCUT2D eigenvalue weighted by atomic mass is 10.1. The van der Waals surface area contributed by atoms with Crippen molar-refractivity contribution >= 4 is 10.2 Å². The zero-order valence-electron chi connectivity index (χ0n) is 11.3. The summed E-state index contributed by atoms with van der Waals surface area (Å²) in [6, 6.07) is 0.0945. The van der Waals surface area contributed by atoms with Gasteiger partial charge in [0.25, 0.3) is 10.2 Å². The highest BCUT2D eigenvalue weighted by Crippen LogP contribution is 2.22. The molecule has 0 aromatic rings. The summed E-state index contributed by atoms with van der Waals surface area (Å²) in [5, 5.41) is 3.08. The van der Waals surface area contributed by atoms with Crippen LogP contribution in [0, 0.1) is 0 Å². The van der Waals surface area contributed by atoms with Gasteiger partial charge in [-0.1, -0.05) is 6.42 Å². The van der Waals surface area contributed by atoms with Gasteiger partial charge in [-0.15, -0.1) is 0 Å². The Labute approximate surface area is 105 Å². The first kappa shape index (κ1) is 14.9. The van der Waals surface area contributed by atoms with Crippen molar-refractivity contribution < 1.29 is 8.42 Å². The highest BCUT2D eigenvalue weighted by atomic mass is 32.2. The van der Waals surface area contributed by atoms with Crippen molar-refractivity contribution in [3.63, 3.8) is 0 Å². The standard InChI is InChI=1S/C11H25N3O2S/c1-10(2)13(4)17(15,16)14-8-6-5-7-11(14)9-12-3/h10-12H,5-9H2,1-4H3. The number of likely N-dealkylation sites (N-methyl/N-ethyl adjacent to an activating group) is 1. The second-order valence-corrected chi connectivity index (χ2v) is 6.88. The van der Waals surface area contributed by atoms with Gasteiger partial charge in [-0.3, -0.25) is 0 Å². The average molecular weight is 263 g/mol. The largest absolute Gasteiger partial charge is 0.318 e. The van der Waals surface area contributed by atoms with Crippen LogP contribution >= 0.6 is 0 Å². The Morgan fingerprint density at radius 1 is 1.41 bits per heavy atom. The Morgan fingerprint density at radius 3 is 2.59 bits per heavy atom. The molecule has 1 saturated heterocycles. The summed E-state index contributed by atoms with van der Waals surface area (Å²) in [6.07, 6.45) is 3.03. The molecule has 0 aliphatic carbocycles. The van der Waals surface area contributed by atoms with Crippen molar-refractivity contribution in [1.29, 1.82) is 0 Å².